The largest absolute Gasteiger partial charge is 0.306 e. The predicted molar refractivity (Wildman–Crippen MR) is 87.6 cm³/mol. The number of hydrogen-bond acceptors (Lipinski definition) is 4. The first-order chi connectivity index (χ1) is 11.2. The fourth-order valence-corrected chi connectivity index (χ4v) is 3.57. The summed E-state index contributed by atoms with van der Waals surface area (Å²) in [4.78, 5) is 9.48. The number of sulfonamides is 1. The van der Waals surface area contributed by atoms with Crippen LogP contribution in [0.1, 0.15) is 30.5 Å². The minimum atomic E-state index is -4.02. The molecule has 0 saturated heterocycles. The lowest BCUT2D eigenvalue weighted by Gasteiger charge is -2.18. The van der Waals surface area contributed by atoms with Crippen LogP contribution in [0.5, 0.6) is 0 Å². The van der Waals surface area contributed by atoms with E-state index < -0.39 is 32.5 Å². The van der Waals surface area contributed by atoms with E-state index in [9.17, 15) is 22.9 Å². The molecule has 8 heteroatoms. The van der Waals surface area contributed by atoms with E-state index in [2.05, 4.69) is 4.72 Å². The monoisotopic (exact) mass is 352 g/mol. The molecule has 0 aliphatic carbocycles. The zero-order valence-electron chi connectivity index (χ0n) is 13.2. The Morgan fingerprint density at radius 3 is 2.38 bits per heavy atom. The molecule has 6 nitrogen and oxygen atoms in total. The van der Waals surface area contributed by atoms with E-state index in [-0.39, 0.29) is 4.90 Å². The summed E-state index contributed by atoms with van der Waals surface area (Å²) in [6.07, 6.45) is 0.492. The van der Waals surface area contributed by atoms with Crippen molar-refractivity contribution in [3.05, 3.63) is 69.5 Å². The quantitative estimate of drug-likeness (QED) is 0.637. The molecule has 0 saturated carbocycles. The topological polar surface area (TPSA) is 89.3 Å². The zero-order valence-corrected chi connectivity index (χ0v) is 14.0. The molecule has 128 valence electrons. The maximum atomic E-state index is 13.4. The summed E-state index contributed by atoms with van der Waals surface area (Å²) >= 11 is 0. The number of nitrogens with one attached hydrogen (secondary N) is 1. The lowest BCUT2D eigenvalue weighted by atomic mass is 10.0. The summed E-state index contributed by atoms with van der Waals surface area (Å²) in [6.45, 7) is 3.74. The Hall–Kier alpha value is -2.32. The molecule has 24 heavy (non-hydrogen) atoms. The first kappa shape index (κ1) is 18.0. The molecule has 0 heterocycles. The highest BCUT2D eigenvalue weighted by Gasteiger charge is 2.24. The molecule has 2 aromatic carbocycles. The molecule has 0 radical (unpaired) electrons. The summed E-state index contributed by atoms with van der Waals surface area (Å²) in [5.74, 6) is -1.08. The van der Waals surface area contributed by atoms with E-state index in [0.29, 0.717) is 6.42 Å². The van der Waals surface area contributed by atoms with E-state index in [1.807, 2.05) is 38.1 Å². The van der Waals surface area contributed by atoms with Gasteiger partial charge < -0.3 is 0 Å². The molecule has 1 atom stereocenters. The fraction of sp³-hybridized carbons (Fsp3) is 0.250. The molecule has 0 aliphatic rings. The molecule has 0 bridgehead atoms. The van der Waals surface area contributed by atoms with Crippen molar-refractivity contribution in [1.82, 2.24) is 4.72 Å². The summed E-state index contributed by atoms with van der Waals surface area (Å²) in [7, 11) is -4.02. The SMILES string of the molecule is CC[C@H](NS(=O)(=O)c1ccc(F)c([N+](=O)[O-])c1)c1ccc(C)cc1. The van der Waals surface area contributed by atoms with Crippen molar-refractivity contribution in [1.29, 1.82) is 0 Å². The van der Waals surface area contributed by atoms with Gasteiger partial charge in [0.05, 0.1) is 9.82 Å². The van der Waals surface area contributed by atoms with E-state index >= 15 is 0 Å². The molecule has 2 aromatic rings. The van der Waals surface area contributed by atoms with Gasteiger partial charge in [0.15, 0.2) is 0 Å². The highest BCUT2D eigenvalue weighted by molar-refractivity contribution is 7.89. The molecule has 2 rings (SSSR count). The van der Waals surface area contributed by atoms with Crippen molar-refractivity contribution in [2.45, 2.75) is 31.2 Å². The maximum absolute atomic E-state index is 13.4. The summed E-state index contributed by atoms with van der Waals surface area (Å²) in [6, 6.07) is 9.40. The van der Waals surface area contributed by atoms with Gasteiger partial charge in [0.25, 0.3) is 0 Å². The van der Waals surface area contributed by atoms with Crippen LogP contribution < -0.4 is 4.72 Å². The molecule has 0 unspecified atom stereocenters. The van der Waals surface area contributed by atoms with Crippen molar-refractivity contribution in [2.75, 3.05) is 0 Å². The second-order valence-corrected chi connectivity index (χ2v) is 7.08. The van der Waals surface area contributed by atoms with Gasteiger partial charge in [0, 0.05) is 12.1 Å². The van der Waals surface area contributed by atoms with Gasteiger partial charge >= 0.3 is 5.69 Å². The van der Waals surface area contributed by atoms with Crippen molar-refractivity contribution in [3.63, 3.8) is 0 Å². The van der Waals surface area contributed by atoms with Gasteiger partial charge in [-0.15, -0.1) is 0 Å². The number of halogens is 1. The smallest absolute Gasteiger partial charge is 0.258 e. The average Bonchev–Trinajstić information content (AvgIpc) is 2.53. The van der Waals surface area contributed by atoms with Crippen LogP contribution in [0, 0.1) is 22.9 Å². The Balaban J connectivity index is 2.34. The van der Waals surface area contributed by atoms with Gasteiger partial charge in [-0.25, -0.2) is 13.1 Å². The second kappa shape index (κ2) is 7.06. The van der Waals surface area contributed by atoms with Crippen LogP contribution in [0.3, 0.4) is 0 Å². The first-order valence-corrected chi connectivity index (χ1v) is 8.75. The summed E-state index contributed by atoms with van der Waals surface area (Å²) < 4.78 is 40.8. The number of nitrogens with zero attached hydrogens (tertiary/aromatic N) is 1. The van der Waals surface area contributed by atoms with Crippen molar-refractivity contribution < 1.29 is 17.7 Å². The molecule has 0 amide bonds. The lowest BCUT2D eigenvalue weighted by Crippen LogP contribution is -2.28. The Morgan fingerprint density at radius 2 is 1.83 bits per heavy atom. The molecule has 0 aliphatic heterocycles. The second-order valence-electron chi connectivity index (χ2n) is 5.36. The van der Waals surface area contributed by atoms with Gasteiger partial charge in [-0.2, -0.15) is 4.39 Å². The van der Waals surface area contributed by atoms with E-state index in [1.54, 1.807) is 0 Å². The number of rotatable bonds is 6. The van der Waals surface area contributed by atoms with Gasteiger partial charge in [0.2, 0.25) is 15.8 Å². The standard InChI is InChI=1S/C16H17FN2O4S/c1-3-15(12-6-4-11(2)5-7-12)18-24(22,23)13-8-9-14(17)16(10-13)19(20)21/h4-10,15,18H,3H2,1-2H3/t15-/m0/s1. The number of aryl methyl sites for hydroxylation is 1. The average molecular weight is 352 g/mol. The minimum Gasteiger partial charge on any atom is -0.258 e. The van der Waals surface area contributed by atoms with Crippen LogP contribution in [0.25, 0.3) is 0 Å². The number of nitro benzene ring substituents is 1. The van der Waals surface area contributed by atoms with Crippen molar-refractivity contribution in [3.8, 4) is 0 Å². The molecule has 1 N–H and O–H groups in total. The molecule has 0 fully saturated rings. The molecule has 0 spiro atoms. The lowest BCUT2D eigenvalue weighted by molar-refractivity contribution is -0.387. The van der Waals surface area contributed by atoms with Crippen LogP contribution in [0.2, 0.25) is 0 Å². The predicted octanol–water partition coefficient (Wildman–Crippen LogP) is 3.47. The maximum Gasteiger partial charge on any atom is 0.306 e. The first-order valence-electron chi connectivity index (χ1n) is 7.27. The Morgan fingerprint density at radius 1 is 1.21 bits per heavy atom. The van der Waals surface area contributed by atoms with Gasteiger partial charge in [-0.1, -0.05) is 36.8 Å². The van der Waals surface area contributed by atoms with E-state index in [0.717, 1.165) is 29.3 Å². The summed E-state index contributed by atoms with van der Waals surface area (Å²) in [5.41, 5.74) is 0.954. The van der Waals surface area contributed by atoms with Crippen LogP contribution in [-0.4, -0.2) is 13.3 Å². The van der Waals surface area contributed by atoms with Crippen molar-refractivity contribution in [2.24, 2.45) is 0 Å². The number of hydrogen-bond donors (Lipinski definition) is 1. The van der Waals surface area contributed by atoms with Crippen LogP contribution in [0.4, 0.5) is 10.1 Å². The highest BCUT2D eigenvalue weighted by Crippen LogP contribution is 2.24. The van der Waals surface area contributed by atoms with Crippen LogP contribution >= 0.6 is 0 Å². The van der Waals surface area contributed by atoms with E-state index in [4.69, 9.17) is 0 Å². The fourth-order valence-electron chi connectivity index (χ4n) is 2.24. The Bertz CT molecular complexity index is 851. The number of benzene rings is 2. The van der Waals surface area contributed by atoms with E-state index in [1.165, 1.54) is 0 Å². The minimum absolute atomic E-state index is 0.346. The van der Waals surface area contributed by atoms with Gasteiger partial charge in [0.1, 0.15) is 0 Å². The normalized spacial score (nSPS) is 12.8. The van der Waals surface area contributed by atoms with Crippen molar-refractivity contribution >= 4 is 15.7 Å². The third-order valence-electron chi connectivity index (χ3n) is 3.61. The number of nitro groups is 1. The van der Waals surface area contributed by atoms with Gasteiger partial charge in [-0.05, 0) is 31.0 Å². The Kier molecular flexibility index (Phi) is 5.30. The molecular formula is C16H17FN2O4S. The van der Waals surface area contributed by atoms with Gasteiger partial charge in [-0.3, -0.25) is 10.1 Å². The highest BCUT2D eigenvalue weighted by atomic mass is 32.2. The third-order valence-corrected chi connectivity index (χ3v) is 5.08. The van der Waals surface area contributed by atoms with Crippen LogP contribution in [-0.2, 0) is 10.0 Å². The molecular weight excluding hydrogens is 335 g/mol. The van der Waals surface area contributed by atoms with Crippen LogP contribution in [0.15, 0.2) is 47.4 Å². The third kappa shape index (κ3) is 3.95. The summed E-state index contributed by atoms with van der Waals surface area (Å²) in [5, 5.41) is 10.8. The zero-order chi connectivity index (χ0) is 17.9. The Labute approximate surface area is 139 Å². The molecule has 0 aromatic heterocycles.